The zero-order valence-corrected chi connectivity index (χ0v) is 21.7. The van der Waals surface area contributed by atoms with Crippen molar-refractivity contribution in [3.63, 3.8) is 0 Å². The van der Waals surface area contributed by atoms with Crippen LogP contribution in [0.1, 0.15) is 41.1 Å². The van der Waals surface area contributed by atoms with E-state index in [4.69, 9.17) is 35.4 Å². The van der Waals surface area contributed by atoms with Gasteiger partial charge in [-0.05, 0) is 95.1 Å². The first-order chi connectivity index (χ1) is 15.8. The molecule has 0 spiro atoms. The van der Waals surface area contributed by atoms with Crippen LogP contribution in [0.3, 0.4) is 0 Å². The normalized spacial score (nSPS) is 18.3. The van der Waals surface area contributed by atoms with Crippen molar-refractivity contribution in [3.8, 4) is 5.69 Å². The Morgan fingerprint density at radius 2 is 1.91 bits per heavy atom. The molecule has 2 aromatic heterocycles. The Morgan fingerprint density at radius 1 is 1.12 bits per heavy atom. The summed E-state index contributed by atoms with van der Waals surface area (Å²) in [5, 5.41) is 5.57. The molecule has 0 bridgehead atoms. The summed E-state index contributed by atoms with van der Waals surface area (Å²) in [5.41, 5.74) is 5.36. The van der Waals surface area contributed by atoms with Crippen LogP contribution in [-0.4, -0.2) is 51.6 Å². The highest BCUT2D eigenvalue weighted by Crippen LogP contribution is 2.42. The van der Waals surface area contributed by atoms with Crippen LogP contribution in [0.4, 0.5) is 0 Å². The van der Waals surface area contributed by atoms with E-state index in [0.29, 0.717) is 10.0 Å². The van der Waals surface area contributed by atoms with Crippen molar-refractivity contribution < 1.29 is 0 Å². The Morgan fingerprint density at radius 3 is 2.58 bits per heavy atom. The highest BCUT2D eigenvalue weighted by atomic mass is 35.5. The van der Waals surface area contributed by atoms with Gasteiger partial charge < -0.3 is 19.7 Å². The number of aromatic nitrogens is 2. The maximum atomic E-state index is 6.59. The predicted molar refractivity (Wildman–Crippen MR) is 141 cm³/mol. The minimum absolute atomic E-state index is 0.0283. The van der Waals surface area contributed by atoms with E-state index >= 15 is 0 Å². The average molecular weight is 503 g/mol. The molecule has 0 radical (unpaired) electrons. The molecule has 0 aliphatic carbocycles. The van der Waals surface area contributed by atoms with Gasteiger partial charge in [0.15, 0.2) is 5.11 Å². The van der Waals surface area contributed by atoms with Crippen LogP contribution in [0.25, 0.3) is 5.69 Å². The maximum absolute atomic E-state index is 6.59. The molecule has 2 atom stereocenters. The standard InChI is InChI=1S/C25H29Cl2N5S/c1-16-14-19(17(2)32(16)22-10-9-18(26)15-20(22)27)24-23(21-8-5-6-11-28-21)29-25(33)31(24)13-7-12-30(3)4/h5-6,8-11,14-15,23-24H,7,12-13H2,1-4H3,(H,29,33)/t23-,24+/m0/s1. The van der Waals surface area contributed by atoms with Crippen molar-refractivity contribution in [2.45, 2.75) is 32.4 Å². The fourth-order valence-corrected chi connectivity index (χ4v) is 5.49. The third-order valence-electron chi connectivity index (χ3n) is 6.14. The first-order valence-corrected chi connectivity index (χ1v) is 12.2. The van der Waals surface area contributed by atoms with E-state index in [9.17, 15) is 0 Å². The van der Waals surface area contributed by atoms with Gasteiger partial charge in [-0.3, -0.25) is 4.98 Å². The van der Waals surface area contributed by atoms with Crippen molar-refractivity contribution >= 4 is 40.5 Å². The highest BCUT2D eigenvalue weighted by molar-refractivity contribution is 7.80. The Kier molecular flexibility index (Phi) is 7.29. The number of thiocarbonyl (C=S) groups is 1. The van der Waals surface area contributed by atoms with Crippen LogP contribution >= 0.6 is 35.4 Å². The number of aryl methyl sites for hydroxylation is 1. The minimum atomic E-state index is -0.0345. The molecule has 5 nitrogen and oxygen atoms in total. The molecule has 0 amide bonds. The number of halogens is 2. The Hall–Kier alpha value is -2.12. The number of benzene rings is 1. The lowest BCUT2D eigenvalue weighted by molar-refractivity contribution is 0.292. The van der Waals surface area contributed by atoms with Crippen LogP contribution in [0.5, 0.6) is 0 Å². The molecule has 3 heterocycles. The molecule has 1 aliphatic rings. The van der Waals surface area contributed by atoms with Gasteiger partial charge in [-0.15, -0.1) is 0 Å². The molecular weight excluding hydrogens is 473 g/mol. The Balaban J connectivity index is 1.79. The quantitative estimate of drug-likeness (QED) is 0.419. The zero-order chi connectivity index (χ0) is 23.7. The maximum Gasteiger partial charge on any atom is 0.170 e. The number of rotatable bonds is 7. The second-order valence-corrected chi connectivity index (χ2v) is 9.96. The van der Waals surface area contributed by atoms with Gasteiger partial charge in [0.2, 0.25) is 0 Å². The van der Waals surface area contributed by atoms with E-state index < -0.39 is 0 Å². The minimum Gasteiger partial charge on any atom is -0.352 e. The van der Waals surface area contributed by atoms with Crippen LogP contribution in [0, 0.1) is 13.8 Å². The third kappa shape index (κ3) is 4.90. The molecule has 1 fully saturated rings. The first kappa shape index (κ1) is 24.0. The molecule has 0 unspecified atom stereocenters. The number of hydrogen-bond acceptors (Lipinski definition) is 3. The second-order valence-electron chi connectivity index (χ2n) is 8.73. The molecule has 33 heavy (non-hydrogen) atoms. The van der Waals surface area contributed by atoms with Gasteiger partial charge in [0.1, 0.15) is 0 Å². The highest BCUT2D eigenvalue weighted by Gasteiger charge is 2.41. The first-order valence-electron chi connectivity index (χ1n) is 11.0. The zero-order valence-electron chi connectivity index (χ0n) is 19.3. The fraction of sp³-hybridized carbons (Fsp3) is 0.360. The summed E-state index contributed by atoms with van der Waals surface area (Å²) in [4.78, 5) is 9.17. The van der Waals surface area contributed by atoms with E-state index in [2.05, 4.69) is 64.7 Å². The third-order valence-corrected chi connectivity index (χ3v) is 7.03. The monoisotopic (exact) mass is 501 g/mol. The molecule has 1 aromatic carbocycles. The van der Waals surface area contributed by atoms with E-state index in [1.807, 2.05) is 30.5 Å². The van der Waals surface area contributed by atoms with Crippen LogP contribution < -0.4 is 5.32 Å². The summed E-state index contributed by atoms with van der Waals surface area (Å²) in [6, 6.07) is 13.9. The molecule has 1 N–H and O–H groups in total. The van der Waals surface area contributed by atoms with E-state index in [1.54, 1.807) is 6.07 Å². The largest absolute Gasteiger partial charge is 0.352 e. The summed E-state index contributed by atoms with van der Waals surface area (Å²) < 4.78 is 2.20. The smallest absolute Gasteiger partial charge is 0.170 e. The van der Waals surface area contributed by atoms with Crippen LogP contribution in [-0.2, 0) is 0 Å². The number of pyridine rings is 1. The van der Waals surface area contributed by atoms with E-state index in [0.717, 1.165) is 47.4 Å². The van der Waals surface area contributed by atoms with Gasteiger partial charge in [0, 0.05) is 29.2 Å². The van der Waals surface area contributed by atoms with Crippen molar-refractivity contribution in [3.05, 3.63) is 81.4 Å². The van der Waals surface area contributed by atoms with E-state index in [-0.39, 0.29) is 12.1 Å². The second kappa shape index (κ2) is 10.0. The van der Waals surface area contributed by atoms with E-state index in [1.165, 1.54) is 5.56 Å². The molecule has 174 valence electrons. The lowest BCUT2D eigenvalue weighted by Crippen LogP contribution is -2.32. The summed E-state index contributed by atoms with van der Waals surface area (Å²) in [6.45, 7) is 6.11. The van der Waals surface area contributed by atoms with Gasteiger partial charge in [-0.25, -0.2) is 0 Å². The van der Waals surface area contributed by atoms with Gasteiger partial charge >= 0.3 is 0 Å². The summed E-state index contributed by atoms with van der Waals surface area (Å²) >= 11 is 18.6. The van der Waals surface area contributed by atoms with Crippen molar-refractivity contribution in [2.75, 3.05) is 27.2 Å². The SMILES string of the molecule is Cc1cc([C@@H]2[C@H](c3ccccn3)NC(=S)N2CCCN(C)C)c(C)n1-c1ccc(Cl)cc1Cl. The summed E-state index contributed by atoms with van der Waals surface area (Å²) in [5.74, 6) is 0. The number of nitrogens with one attached hydrogen (secondary N) is 1. The number of nitrogens with zero attached hydrogens (tertiary/aromatic N) is 4. The topological polar surface area (TPSA) is 36.3 Å². The Bertz CT molecular complexity index is 1150. The van der Waals surface area contributed by atoms with Gasteiger partial charge in [-0.1, -0.05) is 29.3 Å². The molecular formula is C25H29Cl2N5S. The molecule has 8 heteroatoms. The Labute approximate surface area is 211 Å². The van der Waals surface area contributed by atoms with Crippen molar-refractivity contribution in [2.24, 2.45) is 0 Å². The van der Waals surface area contributed by atoms with Crippen LogP contribution in [0.15, 0.2) is 48.7 Å². The molecule has 1 aliphatic heterocycles. The molecule has 0 saturated carbocycles. The lowest BCUT2D eigenvalue weighted by Gasteiger charge is -2.28. The number of hydrogen-bond donors (Lipinski definition) is 1. The van der Waals surface area contributed by atoms with Crippen molar-refractivity contribution in [1.82, 2.24) is 24.7 Å². The van der Waals surface area contributed by atoms with Crippen LogP contribution in [0.2, 0.25) is 10.0 Å². The fourth-order valence-electron chi connectivity index (χ4n) is 4.66. The molecule has 1 saturated heterocycles. The van der Waals surface area contributed by atoms with Gasteiger partial charge in [-0.2, -0.15) is 0 Å². The van der Waals surface area contributed by atoms with Crippen molar-refractivity contribution in [1.29, 1.82) is 0 Å². The summed E-state index contributed by atoms with van der Waals surface area (Å²) in [6.07, 6.45) is 2.85. The summed E-state index contributed by atoms with van der Waals surface area (Å²) in [7, 11) is 4.19. The predicted octanol–water partition coefficient (Wildman–Crippen LogP) is 5.72. The average Bonchev–Trinajstić information content (AvgIpc) is 3.24. The lowest BCUT2D eigenvalue weighted by atomic mass is 9.96. The molecule has 3 aromatic rings. The van der Waals surface area contributed by atoms with Gasteiger partial charge in [0.05, 0.1) is 28.5 Å². The van der Waals surface area contributed by atoms with Gasteiger partial charge in [0.25, 0.3) is 0 Å². The molecule has 4 rings (SSSR count).